The number of rotatable bonds is 2. The van der Waals surface area contributed by atoms with Crippen LogP contribution in [0.2, 0.25) is 0 Å². The van der Waals surface area contributed by atoms with Gasteiger partial charge in [0, 0.05) is 37.8 Å². The summed E-state index contributed by atoms with van der Waals surface area (Å²) in [6.07, 6.45) is 8.02. The normalized spacial score (nSPS) is 26.2. The Bertz CT molecular complexity index is 633. The molecular weight excluding hydrogens is 308 g/mol. The minimum atomic E-state index is 0.360. The zero-order valence-electron chi connectivity index (χ0n) is 15.8. The van der Waals surface area contributed by atoms with Crippen LogP contribution in [-0.4, -0.2) is 51.1 Å². The number of likely N-dealkylation sites (tertiary alicyclic amines) is 1. The third-order valence-corrected chi connectivity index (χ3v) is 6.53. The highest BCUT2D eigenvalue weighted by Gasteiger charge is 2.45. The predicted octanol–water partition coefficient (Wildman–Crippen LogP) is 3.24. The monoisotopic (exact) mass is 340 g/mol. The fraction of sp³-hybridized carbons (Fsp3) is 0.667. The maximum absolute atomic E-state index is 4.64. The lowest BCUT2D eigenvalue weighted by atomic mass is 9.81. The van der Waals surface area contributed by atoms with Crippen LogP contribution in [0.1, 0.15) is 44.1 Å². The molecule has 4 nitrogen and oxygen atoms in total. The Labute approximate surface area is 152 Å². The van der Waals surface area contributed by atoms with E-state index in [1.165, 1.54) is 57.3 Å². The smallest absolute Gasteiger partial charge is 0.198 e. The van der Waals surface area contributed by atoms with Gasteiger partial charge in [0.25, 0.3) is 0 Å². The van der Waals surface area contributed by atoms with Gasteiger partial charge in [0.15, 0.2) is 5.96 Å². The summed E-state index contributed by atoms with van der Waals surface area (Å²) < 4.78 is 0. The highest BCUT2D eigenvalue weighted by molar-refractivity contribution is 5.98. The zero-order chi connectivity index (χ0) is 17.3. The Morgan fingerprint density at radius 3 is 2.80 bits per heavy atom. The molecule has 1 aliphatic carbocycles. The van der Waals surface area contributed by atoms with Crippen molar-refractivity contribution in [1.29, 1.82) is 0 Å². The number of nitrogens with zero attached hydrogens (tertiary/aromatic N) is 3. The highest BCUT2D eigenvalue weighted by Crippen LogP contribution is 2.50. The molecule has 136 valence electrons. The average molecular weight is 341 g/mol. The Hall–Kier alpha value is -1.55. The van der Waals surface area contributed by atoms with E-state index in [4.69, 9.17) is 0 Å². The fourth-order valence-corrected chi connectivity index (χ4v) is 5.27. The third-order valence-electron chi connectivity index (χ3n) is 6.53. The maximum atomic E-state index is 4.64. The van der Waals surface area contributed by atoms with Gasteiger partial charge >= 0.3 is 0 Å². The zero-order valence-corrected chi connectivity index (χ0v) is 15.8. The van der Waals surface area contributed by atoms with Crippen LogP contribution in [0, 0.1) is 5.92 Å². The first kappa shape index (κ1) is 16.9. The van der Waals surface area contributed by atoms with E-state index >= 15 is 0 Å². The number of guanidine groups is 1. The Kier molecular flexibility index (Phi) is 4.72. The summed E-state index contributed by atoms with van der Waals surface area (Å²) in [4.78, 5) is 9.55. The van der Waals surface area contributed by atoms with Crippen LogP contribution in [-0.2, 0) is 5.41 Å². The van der Waals surface area contributed by atoms with E-state index in [-0.39, 0.29) is 0 Å². The van der Waals surface area contributed by atoms with Crippen LogP contribution in [0.25, 0.3) is 0 Å². The number of hydrogen-bond acceptors (Lipinski definition) is 2. The largest absolute Gasteiger partial charge is 0.356 e. The van der Waals surface area contributed by atoms with Crippen molar-refractivity contribution in [2.45, 2.75) is 43.9 Å². The lowest BCUT2D eigenvalue weighted by Crippen LogP contribution is -2.46. The average Bonchev–Trinajstić information content (AvgIpc) is 3.23. The van der Waals surface area contributed by atoms with E-state index in [9.17, 15) is 0 Å². The van der Waals surface area contributed by atoms with Gasteiger partial charge in [0.2, 0.25) is 0 Å². The Morgan fingerprint density at radius 2 is 2.04 bits per heavy atom. The van der Waals surface area contributed by atoms with E-state index in [0.717, 1.165) is 25.0 Å². The molecule has 25 heavy (non-hydrogen) atoms. The summed E-state index contributed by atoms with van der Waals surface area (Å²) in [5.41, 5.74) is 3.28. The molecule has 4 heteroatoms. The molecule has 1 N–H and O–H groups in total. The number of piperidine rings is 1. The van der Waals surface area contributed by atoms with Crippen molar-refractivity contribution >= 4 is 11.6 Å². The summed E-state index contributed by atoms with van der Waals surface area (Å²) >= 11 is 0. The van der Waals surface area contributed by atoms with Gasteiger partial charge < -0.3 is 15.1 Å². The number of benzene rings is 1. The molecule has 2 heterocycles. The molecule has 1 aromatic rings. The first-order chi connectivity index (χ1) is 12.2. The Balaban J connectivity index is 1.50. The second-order valence-corrected chi connectivity index (χ2v) is 8.29. The van der Waals surface area contributed by atoms with Crippen LogP contribution < -0.4 is 10.2 Å². The second kappa shape index (κ2) is 6.99. The van der Waals surface area contributed by atoms with Gasteiger partial charge in [-0.2, -0.15) is 0 Å². The van der Waals surface area contributed by atoms with Crippen molar-refractivity contribution in [3.8, 4) is 0 Å². The molecule has 1 saturated carbocycles. The molecule has 0 amide bonds. The quantitative estimate of drug-likeness (QED) is 0.662. The number of para-hydroxylation sites is 1. The van der Waals surface area contributed by atoms with Crippen molar-refractivity contribution in [2.24, 2.45) is 10.9 Å². The van der Waals surface area contributed by atoms with E-state index in [1.54, 1.807) is 5.56 Å². The van der Waals surface area contributed by atoms with Crippen molar-refractivity contribution in [3.05, 3.63) is 29.8 Å². The van der Waals surface area contributed by atoms with Crippen molar-refractivity contribution in [3.63, 3.8) is 0 Å². The predicted molar refractivity (Wildman–Crippen MR) is 106 cm³/mol. The second-order valence-electron chi connectivity index (χ2n) is 8.29. The van der Waals surface area contributed by atoms with E-state index < -0.39 is 0 Å². The van der Waals surface area contributed by atoms with E-state index in [1.807, 2.05) is 7.05 Å². The van der Waals surface area contributed by atoms with Crippen LogP contribution in [0.15, 0.2) is 29.3 Å². The first-order valence-corrected chi connectivity index (χ1v) is 9.98. The molecular formula is C21H32N4. The minimum Gasteiger partial charge on any atom is -0.356 e. The van der Waals surface area contributed by atoms with Gasteiger partial charge in [-0.15, -0.1) is 0 Å². The van der Waals surface area contributed by atoms with Crippen LogP contribution in [0.5, 0.6) is 0 Å². The van der Waals surface area contributed by atoms with Gasteiger partial charge in [-0.1, -0.05) is 31.0 Å². The summed E-state index contributed by atoms with van der Waals surface area (Å²) in [6, 6.07) is 9.01. The molecule has 0 aromatic heterocycles. The molecule has 3 aliphatic rings. The highest BCUT2D eigenvalue weighted by atomic mass is 15.3. The topological polar surface area (TPSA) is 30.9 Å². The van der Waals surface area contributed by atoms with E-state index in [2.05, 4.69) is 51.4 Å². The number of fused-ring (bicyclic) bond motifs is 2. The fourth-order valence-electron chi connectivity index (χ4n) is 5.27. The molecule has 0 bridgehead atoms. The number of hydrogen-bond donors (Lipinski definition) is 1. The molecule has 0 radical (unpaired) electrons. The molecule has 2 aliphatic heterocycles. The summed E-state index contributed by atoms with van der Waals surface area (Å²) in [5.74, 6) is 1.79. The molecule has 1 spiro atoms. The molecule has 1 aromatic carbocycles. The van der Waals surface area contributed by atoms with Crippen molar-refractivity contribution < 1.29 is 0 Å². The van der Waals surface area contributed by atoms with Crippen LogP contribution in [0.4, 0.5) is 5.69 Å². The van der Waals surface area contributed by atoms with Gasteiger partial charge in [0.05, 0.1) is 0 Å². The summed E-state index contributed by atoms with van der Waals surface area (Å²) in [5, 5.41) is 3.70. The van der Waals surface area contributed by atoms with Crippen molar-refractivity contribution in [2.75, 3.05) is 45.2 Å². The summed E-state index contributed by atoms with van der Waals surface area (Å²) in [7, 11) is 4.17. The van der Waals surface area contributed by atoms with Gasteiger partial charge in [-0.3, -0.25) is 4.99 Å². The number of anilines is 1. The number of aliphatic imine (C=N–C) groups is 1. The molecule has 1 saturated heterocycles. The first-order valence-electron chi connectivity index (χ1n) is 9.98. The minimum absolute atomic E-state index is 0.360. The molecule has 4 rings (SSSR count). The van der Waals surface area contributed by atoms with Crippen molar-refractivity contribution in [1.82, 2.24) is 10.2 Å². The molecule has 1 unspecified atom stereocenters. The standard InChI is InChI=1S/C21H32N4/c1-22-20(23-14-17-8-7-13-24(2)15-17)25-16-21(11-5-6-12-21)18-9-3-4-10-19(18)25/h3-4,9-10,17H,5-8,11-16H2,1-2H3,(H,22,23). The van der Waals surface area contributed by atoms with Crippen LogP contribution >= 0.6 is 0 Å². The Morgan fingerprint density at radius 1 is 1.24 bits per heavy atom. The number of nitrogens with one attached hydrogen (secondary N) is 1. The molecule has 2 fully saturated rings. The summed E-state index contributed by atoms with van der Waals surface area (Å²) in [6.45, 7) is 4.57. The van der Waals surface area contributed by atoms with E-state index in [0.29, 0.717) is 5.41 Å². The van der Waals surface area contributed by atoms with Gasteiger partial charge in [-0.05, 0) is 56.8 Å². The van der Waals surface area contributed by atoms with Gasteiger partial charge in [-0.25, -0.2) is 0 Å². The SMILES string of the molecule is CN=C(NCC1CCCN(C)C1)N1CC2(CCCC2)c2ccccc21. The maximum Gasteiger partial charge on any atom is 0.198 e. The van der Waals surface area contributed by atoms with Gasteiger partial charge in [0.1, 0.15) is 0 Å². The lowest BCUT2D eigenvalue weighted by molar-refractivity contribution is 0.210. The lowest BCUT2D eigenvalue weighted by Gasteiger charge is -2.31. The van der Waals surface area contributed by atoms with Crippen LogP contribution in [0.3, 0.4) is 0 Å². The molecule has 1 atom stereocenters. The third kappa shape index (κ3) is 3.17.